The Morgan fingerprint density at radius 3 is 2.47 bits per heavy atom. The van der Waals surface area contributed by atoms with Crippen molar-refractivity contribution in [3.8, 4) is 11.3 Å². The number of rotatable bonds is 7. The minimum absolute atomic E-state index is 0.202. The fourth-order valence-electron chi connectivity index (χ4n) is 3.53. The van der Waals surface area contributed by atoms with E-state index in [-0.39, 0.29) is 5.91 Å². The molecule has 0 spiro atoms. The lowest BCUT2D eigenvalue weighted by atomic mass is 10.0. The molecule has 0 aliphatic heterocycles. The first kappa shape index (κ1) is 21.3. The molecule has 0 radical (unpaired) electrons. The van der Waals surface area contributed by atoms with Crippen LogP contribution < -0.4 is 16.4 Å². The smallest absolute Gasteiger partial charge is 0.255 e. The van der Waals surface area contributed by atoms with Gasteiger partial charge in [-0.05, 0) is 61.4 Å². The van der Waals surface area contributed by atoms with Crippen LogP contribution in [0.4, 0.5) is 11.4 Å². The number of hydrogen-bond donors (Lipinski definition) is 3. The number of nitrogens with one attached hydrogen (secondary N) is 2. The maximum atomic E-state index is 12.5. The molecule has 162 valence electrons. The van der Waals surface area contributed by atoms with Crippen LogP contribution in [-0.2, 0) is 13.1 Å². The lowest BCUT2D eigenvalue weighted by molar-refractivity contribution is 0.102. The normalized spacial score (nSPS) is 10.8. The van der Waals surface area contributed by atoms with Gasteiger partial charge in [0.05, 0.1) is 23.6 Å². The van der Waals surface area contributed by atoms with E-state index in [0.717, 1.165) is 33.9 Å². The number of nitrogen functional groups attached to an aromatic ring is 1. The van der Waals surface area contributed by atoms with Crippen LogP contribution in [0.3, 0.4) is 0 Å². The molecular formula is C26H26N4O2. The van der Waals surface area contributed by atoms with Gasteiger partial charge in [-0.15, -0.1) is 0 Å². The van der Waals surface area contributed by atoms with E-state index in [1.54, 1.807) is 24.3 Å². The standard InChI is InChI=1S/C26H26N4O2/c1-17-13-19(14-28-16-22-12-7-18(2)32-22)15-29-25(17)20-8-10-21(11-9-20)26(31)30-24-6-4-3-5-23(24)27/h3-13,15,28H,14,16,27H2,1-2H3,(H,30,31). The summed E-state index contributed by atoms with van der Waals surface area (Å²) in [6.45, 7) is 5.36. The molecule has 1 amide bonds. The molecule has 0 saturated heterocycles. The molecule has 6 nitrogen and oxygen atoms in total. The van der Waals surface area contributed by atoms with Crippen molar-refractivity contribution in [2.75, 3.05) is 11.1 Å². The number of furan rings is 1. The summed E-state index contributed by atoms with van der Waals surface area (Å²) in [6.07, 6.45) is 1.88. The van der Waals surface area contributed by atoms with Gasteiger partial charge in [-0.25, -0.2) is 0 Å². The minimum atomic E-state index is -0.202. The molecule has 4 aromatic rings. The van der Waals surface area contributed by atoms with Gasteiger partial charge in [0.25, 0.3) is 5.91 Å². The Labute approximate surface area is 187 Å². The van der Waals surface area contributed by atoms with Gasteiger partial charge in [0.1, 0.15) is 11.5 Å². The fourth-order valence-corrected chi connectivity index (χ4v) is 3.53. The summed E-state index contributed by atoms with van der Waals surface area (Å²) >= 11 is 0. The van der Waals surface area contributed by atoms with Crippen molar-refractivity contribution in [1.82, 2.24) is 10.3 Å². The average molecular weight is 427 g/mol. The molecule has 0 fully saturated rings. The quantitative estimate of drug-likeness (QED) is 0.358. The first-order valence-electron chi connectivity index (χ1n) is 10.5. The third-order valence-electron chi connectivity index (χ3n) is 5.19. The molecule has 0 aliphatic rings. The summed E-state index contributed by atoms with van der Waals surface area (Å²) < 4.78 is 5.57. The number of nitrogens with two attached hydrogens (primary N) is 1. The van der Waals surface area contributed by atoms with Gasteiger partial charge in [-0.2, -0.15) is 0 Å². The van der Waals surface area contributed by atoms with Crippen LogP contribution in [-0.4, -0.2) is 10.9 Å². The number of para-hydroxylation sites is 2. The molecule has 0 bridgehead atoms. The molecule has 2 aromatic carbocycles. The second kappa shape index (κ2) is 9.49. The Kier molecular flexibility index (Phi) is 6.33. The van der Waals surface area contributed by atoms with E-state index in [1.165, 1.54) is 0 Å². The van der Waals surface area contributed by atoms with Crippen LogP contribution in [0.5, 0.6) is 0 Å². The summed E-state index contributed by atoms with van der Waals surface area (Å²) in [6, 6.07) is 20.7. The lowest BCUT2D eigenvalue weighted by Gasteiger charge is -2.10. The van der Waals surface area contributed by atoms with E-state index in [0.29, 0.717) is 30.0 Å². The Morgan fingerprint density at radius 1 is 1.00 bits per heavy atom. The number of anilines is 2. The predicted octanol–water partition coefficient (Wildman–Crippen LogP) is 5.08. The van der Waals surface area contributed by atoms with E-state index in [9.17, 15) is 4.79 Å². The highest BCUT2D eigenvalue weighted by atomic mass is 16.3. The number of aromatic nitrogens is 1. The van der Waals surface area contributed by atoms with Crippen molar-refractivity contribution < 1.29 is 9.21 Å². The van der Waals surface area contributed by atoms with Crippen LogP contribution in [0, 0.1) is 13.8 Å². The topological polar surface area (TPSA) is 93.2 Å². The summed E-state index contributed by atoms with van der Waals surface area (Å²) in [5.41, 5.74) is 11.6. The highest BCUT2D eigenvalue weighted by Gasteiger charge is 2.10. The molecule has 0 aliphatic carbocycles. The zero-order valence-electron chi connectivity index (χ0n) is 18.2. The molecule has 2 aromatic heterocycles. The zero-order valence-corrected chi connectivity index (χ0v) is 18.2. The summed E-state index contributed by atoms with van der Waals surface area (Å²) in [5, 5.41) is 6.22. The number of nitrogens with zero attached hydrogens (tertiary/aromatic N) is 1. The maximum absolute atomic E-state index is 12.5. The molecule has 6 heteroatoms. The first-order valence-corrected chi connectivity index (χ1v) is 10.5. The number of amides is 1. The van der Waals surface area contributed by atoms with Gasteiger partial charge >= 0.3 is 0 Å². The van der Waals surface area contributed by atoms with Crippen LogP contribution in [0.25, 0.3) is 11.3 Å². The minimum Gasteiger partial charge on any atom is -0.465 e. The van der Waals surface area contributed by atoms with Crippen LogP contribution in [0.15, 0.2) is 77.3 Å². The number of carbonyl (C=O) groups is 1. The molecular weight excluding hydrogens is 400 g/mol. The van der Waals surface area contributed by atoms with Crippen molar-refractivity contribution in [2.24, 2.45) is 0 Å². The Hall–Kier alpha value is -3.90. The average Bonchev–Trinajstić information content (AvgIpc) is 3.20. The largest absolute Gasteiger partial charge is 0.465 e. The van der Waals surface area contributed by atoms with Crippen molar-refractivity contribution in [2.45, 2.75) is 26.9 Å². The molecule has 4 N–H and O–H groups in total. The van der Waals surface area contributed by atoms with E-state index in [4.69, 9.17) is 10.2 Å². The number of hydrogen-bond acceptors (Lipinski definition) is 5. The maximum Gasteiger partial charge on any atom is 0.255 e. The molecule has 4 rings (SSSR count). The second-order valence-electron chi connectivity index (χ2n) is 7.74. The van der Waals surface area contributed by atoms with E-state index < -0.39 is 0 Å². The molecule has 32 heavy (non-hydrogen) atoms. The van der Waals surface area contributed by atoms with E-state index in [1.807, 2.05) is 56.4 Å². The number of carbonyl (C=O) groups excluding carboxylic acids is 1. The van der Waals surface area contributed by atoms with Crippen LogP contribution in [0.1, 0.15) is 33.0 Å². The molecule has 2 heterocycles. The van der Waals surface area contributed by atoms with Crippen molar-refractivity contribution in [3.63, 3.8) is 0 Å². The number of aryl methyl sites for hydroxylation is 2. The number of benzene rings is 2. The molecule has 0 saturated carbocycles. The van der Waals surface area contributed by atoms with Crippen molar-refractivity contribution in [3.05, 3.63) is 101 Å². The first-order chi connectivity index (χ1) is 15.5. The SMILES string of the molecule is Cc1ccc(CNCc2cnc(-c3ccc(C(=O)Nc4ccccc4N)cc3)c(C)c2)o1. The number of pyridine rings is 1. The summed E-state index contributed by atoms with van der Waals surface area (Å²) in [4.78, 5) is 17.2. The van der Waals surface area contributed by atoms with Gasteiger partial charge in [0, 0.05) is 23.9 Å². The zero-order chi connectivity index (χ0) is 22.5. The molecule has 0 unspecified atom stereocenters. The lowest BCUT2D eigenvalue weighted by Crippen LogP contribution is -2.13. The predicted molar refractivity (Wildman–Crippen MR) is 127 cm³/mol. The van der Waals surface area contributed by atoms with Gasteiger partial charge in [0.2, 0.25) is 0 Å². The third kappa shape index (κ3) is 5.04. The van der Waals surface area contributed by atoms with Crippen molar-refractivity contribution >= 4 is 17.3 Å². The van der Waals surface area contributed by atoms with Gasteiger partial charge in [-0.3, -0.25) is 9.78 Å². The summed E-state index contributed by atoms with van der Waals surface area (Å²) in [5.74, 6) is 1.63. The van der Waals surface area contributed by atoms with Crippen LogP contribution >= 0.6 is 0 Å². The third-order valence-corrected chi connectivity index (χ3v) is 5.19. The van der Waals surface area contributed by atoms with Gasteiger partial charge < -0.3 is 20.8 Å². The second-order valence-corrected chi connectivity index (χ2v) is 7.74. The van der Waals surface area contributed by atoms with E-state index in [2.05, 4.69) is 21.7 Å². The van der Waals surface area contributed by atoms with Gasteiger partial charge in [0.15, 0.2) is 0 Å². The summed E-state index contributed by atoms with van der Waals surface area (Å²) in [7, 11) is 0. The highest BCUT2D eigenvalue weighted by Crippen LogP contribution is 2.23. The fraction of sp³-hybridized carbons (Fsp3) is 0.154. The van der Waals surface area contributed by atoms with Crippen molar-refractivity contribution in [1.29, 1.82) is 0 Å². The van der Waals surface area contributed by atoms with Crippen LogP contribution in [0.2, 0.25) is 0 Å². The molecule has 0 atom stereocenters. The van der Waals surface area contributed by atoms with E-state index >= 15 is 0 Å². The highest BCUT2D eigenvalue weighted by molar-refractivity contribution is 6.05. The Balaban J connectivity index is 1.40. The monoisotopic (exact) mass is 426 g/mol. The van der Waals surface area contributed by atoms with Gasteiger partial charge in [-0.1, -0.05) is 30.3 Å². The Morgan fingerprint density at radius 2 is 1.78 bits per heavy atom. The Bertz CT molecular complexity index is 1230.